The molecule has 3 aromatic carbocycles. The molecule has 2 atom stereocenters. The summed E-state index contributed by atoms with van der Waals surface area (Å²) in [5.74, 6) is -0.660. The molecule has 0 bridgehead atoms. The van der Waals surface area contributed by atoms with Crippen LogP contribution in [0.3, 0.4) is 0 Å². The molecular weight excluding hydrogens is 520 g/mol. The summed E-state index contributed by atoms with van der Waals surface area (Å²) in [5.41, 5.74) is 4.58. The maximum Gasteiger partial charge on any atom is 0.338 e. The van der Waals surface area contributed by atoms with Gasteiger partial charge < -0.3 is 15.4 Å². The lowest BCUT2D eigenvalue weighted by Gasteiger charge is -2.27. The Labute approximate surface area is 230 Å². The number of para-hydroxylation sites is 2. The highest BCUT2D eigenvalue weighted by atomic mass is 35.5. The van der Waals surface area contributed by atoms with Crippen molar-refractivity contribution in [2.75, 3.05) is 11.9 Å². The van der Waals surface area contributed by atoms with Crippen molar-refractivity contribution in [3.05, 3.63) is 106 Å². The van der Waals surface area contributed by atoms with E-state index in [9.17, 15) is 9.59 Å². The lowest BCUT2D eigenvalue weighted by atomic mass is 9.97. The molecule has 0 aromatic heterocycles. The van der Waals surface area contributed by atoms with Crippen LogP contribution in [-0.4, -0.2) is 34.6 Å². The predicted octanol–water partition coefficient (Wildman–Crippen LogP) is 6.05. The highest BCUT2D eigenvalue weighted by Crippen LogP contribution is 2.36. The van der Waals surface area contributed by atoms with Crippen LogP contribution in [0.1, 0.15) is 31.0 Å². The summed E-state index contributed by atoms with van der Waals surface area (Å²) in [5, 5.41) is 6.60. The van der Waals surface area contributed by atoms with Gasteiger partial charge in [0.15, 0.2) is 5.17 Å². The van der Waals surface area contributed by atoms with Gasteiger partial charge in [0.1, 0.15) is 11.3 Å². The van der Waals surface area contributed by atoms with Crippen LogP contribution in [0.4, 0.5) is 11.4 Å². The third-order valence-corrected chi connectivity index (χ3v) is 7.44. The van der Waals surface area contributed by atoms with Gasteiger partial charge in [-0.1, -0.05) is 78.0 Å². The maximum atomic E-state index is 13.6. The molecule has 2 heterocycles. The first kappa shape index (κ1) is 25.8. The molecule has 2 aliphatic heterocycles. The number of allylic oxidation sites excluding steroid dienone is 1. The van der Waals surface area contributed by atoms with E-state index in [4.69, 9.17) is 26.3 Å². The van der Waals surface area contributed by atoms with Gasteiger partial charge in [0, 0.05) is 10.7 Å². The minimum Gasteiger partial charge on any atom is -0.463 e. The molecule has 0 aliphatic carbocycles. The number of nitrogens with one attached hydrogen (secondary N) is 2. The number of thioether (sulfide) groups is 1. The van der Waals surface area contributed by atoms with E-state index in [1.807, 2.05) is 66.7 Å². The normalized spacial score (nSPS) is 18.9. The van der Waals surface area contributed by atoms with Gasteiger partial charge in [-0.15, -0.1) is 0 Å². The van der Waals surface area contributed by atoms with Gasteiger partial charge in [0.2, 0.25) is 5.91 Å². The number of hydrogen-bond acceptors (Lipinski definition) is 7. The Kier molecular flexibility index (Phi) is 7.62. The topological polar surface area (TPSA) is 92.1 Å². The van der Waals surface area contributed by atoms with E-state index in [0.29, 0.717) is 38.5 Å². The predicted molar refractivity (Wildman–Crippen MR) is 153 cm³/mol. The lowest BCUT2D eigenvalue weighted by Crippen LogP contribution is -2.37. The number of halogens is 1. The zero-order valence-electron chi connectivity index (χ0n) is 20.8. The number of hydrogen-bond donors (Lipinski definition) is 2. The molecule has 192 valence electrons. The maximum absolute atomic E-state index is 13.6. The van der Waals surface area contributed by atoms with Crippen molar-refractivity contribution < 1.29 is 14.3 Å². The van der Waals surface area contributed by atoms with Crippen molar-refractivity contribution in [3.8, 4) is 0 Å². The Morgan fingerprint density at radius 1 is 1.00 bits per heavy atom. The summed E-state index contributed by atoms with van der Waals surface area (Å²) < 4.78 is 5.33. The van der Waals surface area contributed by atoms with E-state index < -0.39 is 17.3 Å². The number of esters is 1. The molecule has 3 aromatic rings. The molecule has 7 nitrogen and oxygen atoms in total. The molecule has 2 aliphatic rings. The molecule has 2 N–H and O–H groups in total. The molecule has 0 fully saturated rings. The SMILES string of the molecule is CCOC(=O)C1=C(C)NC(SC2C(=O)Nc3ccccc3N=C2c2ccccc2)=NC1c1ccc(Cl)cc1. The van der Waals surface area contributed by atoms with Crippen LogP contribution in [0.2, 0.25) is 5.02 Å². The van der Waals surface area contributed by atoms with Crippen LogP contribution in [0, 0.1) is 0 Å². The molecule has 0 radical (unpaired) electrons. The zero-order valence-corrected chi connectivity index (χ0v) is 22.3. The largest absolute Gasteiger partial charge is 0.463 e. The number of nitrogens with zero attached hydrogens (tertiary/aromatic N) is 2. The number of amidine groups is 1. The summed E-state index contributed by atoms with van der Waals surface area (Å²) in [6.07, 6.45) is 0. The minimum absolute atomic E-state index is 0.215. The van der Waals surface area contributed by atoms with Gasteiger partial charge in [-0.2, -0.15) is 0 Å². The second-order valence-corrected chi connectivity index (χ2v) is 10.2. The summed E-state index contributed by atoms with van der Waals surface area (Å²) in [4.78, 5) is 36.3. The van der Waals surface area contributed by atoms with Crippen LogP contribution in [0.15, 0.2) is 100 Å². The molecule has 0 saturated carbocycles. The number of ether oxygens (including phenoxy) is 1. The number of rotatable bonds is 5. The summed E-state index contributed by atoms with van der Waals surface area (Å²) in [6.45, 7) is 3.81. The molecule has 1 amide bonds. The molecule has 5 rings (SSSR count). The van der Waals surface area contributed by atoms with Gasteiger partial charge in [-0.05, 0) is 49.2 Å². The van der Waals surface area contributed by atoms with Crippen molar-refractivity contribution in [3.63, 3.8) is 0 Å². The van der Waals surface area contributed by atoms with Crippen LogP contribution in [0.5, 0.6) is 0 Å². The van der Waals surface area contributed by atoms with Crippen molar-refractivity contribution >= 4 is 57.5 Å². The summed E-state index contributed by atoms with van der Waals surface area (Å²) in [7, 11) is 0. The number of anilines is 1. The number of benzene rings is 3. The quantitative estimate of drug-likeness (QED) is 0.381. The molecular formula is C29H25ClN4O3S. The van der Waals surface area contributed by atoms with Crippen LogP contribution in [0.25, 0.3) is 0 Å². The summed E-state index contributed by atoms with van der Waals surface area (Å²) >= 11 is 7.37. The van der Waals surface area contributed by atoms with Crippen molar-refractivity contribution in [2.45, 2.75) is 25.1 Å². The first-order chi connectivity index (χ1) is 18.4. The number of fused-ring (bicyclic) bond motifs is 1. The van der Waals surface area contributed by atoms with Crippen LogP contribution in [-0.2, 0) is 14.3 Å². The Bertz CT molecular complexity index is 1470. The first-order valence-corrected chi connectivity index (χ1v) is 13.4. The van der Waals surface area contributed by atoms with E-state index in [-0.39, 0.29) is 12.5 Å². The van der Waals surface area contributed by atoms with Gasteiger partial charge in [-0.3, -0.25) is 4.79 Å². The van der Waals surface area contributed by atoms with Crippen molar-refractivity contribution in [1.82, 2.24) is 5.32 Å². The molecule has 2 unspecified atom stereocenters. The fourth-order valence-electron chi connectivity index (χ4n) is 4.30. The van der Waals surface area contributed by atoms with E-state index in [1.165, 1.54) is 11.8 Å². The Morgan fingerprint density at radius 3 is 2.45 bits per heavy atom. The number of amides is 1. The minimum atomic E-state index is -0.709. The Morgan fingerprint density at radius 2 is 1.71 bits per heavy atom. The summed E-state index contributed by atoms with van der Waals surface area (Å²) in [6, 6.07) is 23.6. The number of carbonyl (C=O) groups is 2. The Hall–Kier alpha value is -3.88. The second-order valence-electron chi connectivity index (χ2n) is 8.64. The van der Waals surface area contributed by atoms with Gasteiger partial charge in [0.25, 0.3) is 0 Å². The fourth-order valence-corrected chi connectivity index (χ4v) is 5.49. The first-order valence-electron chi connectivity index (χ1n) is 12.1. The lowest BCUT2D eigenvalue weighted by molar-refractivity contribution is -0.139. The van der Waals surface area contributed by atoms with Gasteiger partial charge >= 0.3 is 5.97 Å². The van der Waals surface area contributed by atoms with Gasteiger partial charge in [0.05, 0.1) is 29.3 Å². The number of carbonyl (C=O) groups excluding carboxylic acids is 2. The van der Waals surface area contributed by atoms with E-state index in [2.05, 4.69) is 10.6 Å². The molecule has 0 spiro atoms. The van der Waals surface area contributed by atoms with E-state index in [0.717, 1.165) is 11.1 Å². The highest BCUT2D eigenvalue weighted by Gasteiger charge is 2.35. The standard InChI is InChI=1S/C29H25ClN4O3S/c1-3-37-28(36)23-17(2)31-29(34-24(23)19-13-15-20(30)16-14-19)38-26-25(18-9-5-4-6-10-18)32-21-11-7-8-12-22(21)33-27(26)35/h4-16,24,26H,3H2,1-2H3,(H,31,34)(H,33,35). The molecule has 0 saturated heterocycles. The highest BCUT2D eigenvalue weighted by molar-refractivity contribution is 8.15. The smallest absolute Gasteiger partial charge is 0.338 e. The monoisotopic (exact) mass is 544 g/mol. The third kappa shape index (κ3) is 5.37. The van der Waals surface area contributed by atoms with Crippen LogP contribution >= 0.6 is 23.4 Å². The second kappa shape index (κ2) is 11.2. The molecule has 9 heteroatoms. The average Bonchev–Trinajstić information content (AvgIpc) is 3.05. The number of aliphatic imine (C=N–C) groups is 2. The van der Waals surface area contributed by atoms with Crippen LogP contribution < -0.4 is 10.6 Å². The van der Waals surface area contributed by atoms with E-state index in [1.54, 1.807) is 26.0 Å². The van der Waals surface area contributed by atoms with E-state index >= 15 is 0 Å². The van der Waals surface area contributed by atoms with Crippen molar-refractivity contribution in [1.29, 1.82) is 0 Å². The third-order valence-electron chi connectivity index (χ3n) is 6.09. The molecule has 38 heavy (non-hydrogen) atoms. The zero-order chi connectivity index (χ0) is 26.6. The average molecular weight is 545 g/mol. The van der Waals surface area contributed by atoms with Gasteiger partial charge in [-0.25, -0.2) is 14.8 Å². The van der Waals surface area contributed by atoms with Crippen molar-refractivity contribution in [2.24, 2.45) is 9.98 Å². The Balaban J connectivity index is 1.55. The fraction of sp³-hybridized carbons (Fsp3) is 0.172.